The molecule has 2 aliphatic heterocycles. The number of ether oxygens (including phenoxy) is 1. The zero-order valence-electron chi connectivity index (χ0n) is 18.2. The quantitative estimate of drug-likeness (QED) is 0.574. The standard InChI is InChI=1S/C28H29NO2/c1-26-10-8-22-15-21-4-5-23(30)16-27(21)11-12-28(22,31-27)25(26)7-6-24(26)19-3-2-18-9-13-29-17-20(18)14-19/h2-3,8-9,13-15,17,24-25H,4-7,10-12,16H2,1H3/t24?,25-,26+,27-,28-/m1/s1. The second kappa shape index (κ2) is 5.95. The fourth-order valence-corrected chi connectivity index (χ4v) is 8.09. The number of carbonyl (C=O) groups is 1. The van der Waals surface area contributed by atoms with Gasteiger partial charge in [-0.25, -0.2) is 0 Å². The van der Waals surface area contributed by atoms with Crippen molar-refractivity contribution >= 4 is 16.6 Å². The van der Waals surface area contributed by atoms with Crippen LogP contribution in [0.15, 0.2) is 60.0 Å². The van der Waals surface area contributed by atoms with Crippen LogP contribution < -0.4 is 0 Å². The number of pyridine rings is 1. The van der Waals surface area contributed by atoms with Crippen LogP contribution >= 0.6 is 0 Å². The van der Waals surface area contributed by atoms with Crippen molar-refractivity contribution in [2.24, 2.45) is 11.3 Å². The highest BCUT2D eigenvalue weighted by atomic mass is 16.5. The molecule has 2 bridgehead atoms. The zero-order valence-corrected chi connectivity index (χ0v) is 18.2. The number of carbonyl (C=O) groups excluding carboxylic acids is 1. The lowest BCUT2D eigenvalue weighted by Gasteiger charge is -2.53. The summed E-state index contributed by atoms with van der Waals surface area (Å²) in [7, 11) is 0. The maximum atomic E-state index is 12.4. The van der Waals surface area contributed by atoms with Gasteiger partial charge in [0.15, 0.2) is 0 Å². The molecule has 1 saturated heterocycles. The van der Waals surface area contributed by atoms with Crippen LogP contribution in [-0.2, 0) is 9.53 Å². The summed E-state index contributed by atoms with van der Waals surface area (Å²) >= 11 is 0. The largest absolute Gasteiger partial charge is 0.359 e. The Hall–Kier alpha value is -2.26. The molecule has 1 aromatic heterocycles. The molecule has 0 amide bonds. The molecule has 3 aliphatic carbocycles. The highest BCUT2D eigenvalue weighted by Crippen LogP contribution is 2.69. The van der Waals surface area contributed by atoms with Gasteiger partial charge < -0.3 is 4.74 Å². The molecule has 31 heavy (non-hydrogen) atoms. The monoisotopic (exact) mass is 411 g/mol. The summed E-state index contributed by atoms with van der Waals surface area (Å²) in [6.07, 6.45) is 16.6. The average Bonchev–Trinajstić information content (AvgIpc) is 3.28. The molecule has 0 radical (unpaired) electrons. The molecule has 2 aromatic rings. The first-order chi connectivity index (χ1) is 15.0. The Morgan fingerprint density at radius 3 is 2.97 bits per heavy atom. The van der Waals surface area contributed by atoms with E-state index in [1.54, 1.807) is 0 Å². The molecule has 158 valence electrons. The van der Waals surface area contributed by atoms with Crippen molar-refractivity contribution in [3.05, 3.63) is 65.5 Å². The molecule has 3 heteroatoms. The molecule has 5 aliphatic rings. The maximum absolute atomic E-state index is 12.4. The summed E-state index contributed by atoms with van der Waals surface area (Å²) in [6.45, 7) is 2.50. The van der Waals surface area contributed by atoms with E-state index in [4.69, 9.17) is 4.74 Å². The number of Topliss-reactive ketones (excluding diaryl/α,β-unsaturated/α-hetero) is 1. The van der Waals surface area contributed by atoms with Gasteiger partial charge >= 0.3 is 0 Å². The summed E-state index contributed by atoms with van der Waals surface area (Å²) < 4.78 is 7.12. The Morgan fingerprint density at radius 2 is 2.03 bits per heavy atom. The molecule has 5 atom stereocenters. The minimum absolute atomic E-state index is 0.179. The molecule has 2 spiro atoms. The van der Waals surface area contributed by atoms with Gasteiger partial charge in [-0.1, -0.05) is 31.2 Å². The Kier molecular flexibility index (Phi) is 3.52. The first kappa shape index (κ1) is 18.3. The van der Waals surface area contributed by atoms with Gasteiger partial charge in [-0.3, -0.25) is 9.78 Å². The summed E-state index contributed by atoms with van der Waals surface area (Å²) in [5.74, 6) is 1.44. The van der Waals surface area contributed by atoms with Crippen molar-refractivity contribution in [1.29, 1.82) is 0 Å². The van der Waals surface area contributed by atoms with Gasteiger partial charge in [0.2, 0.25) is 0 Å². The minimum Gasteiger partial charge on any atom is -0.359 e. The lowest BCUT2D eigenvalue weighted by atomic mass is 9.58. The smallest absolute Gasteiger partial charge is 0.136 e. The molecule has 3 fully saturated rings. The predicted molar refractivity (Wildman–Crippen MR) is 121 cm³/mol. The predicted octanol–water partition coefficient (Wildman–Crippen LogP) is 6.05. The Labute approximate surface area is 183 Å². The molecule has 3 heterocycles. The fourth-order valence-electron chi connectivity index (χ4n) is 8.09. The van der Waals surface area contributed by atoms with Crippen molar-refractivity contribution in [2.45, 2.75) is 75.4 Å². The third-order valence-corrected chi connectivity index (χ3v) is 9.57. The summed E-state index contributed by atoms with van der Waals surface area (Å²) in [6, 6.07) is 9.06. The molecule has 3 nitrogen and oxygen atoms in total. The lowest BCUT2D eigenvalue weighted by Crippen LogP contribution is -2.53. The van der Waals surface area contributed by atoms with Gasteiger partial charge in [0.1, 0.15) is 5.78 Å². The molecule has 2 saturated carbocycles. The normalized spacial score (nSPS) is 40.7. The molecule has 1 aromatic carbocycles. The van der Waals surface area contributed by atoms with Gasteiger partial charge in [-0.15, -0.1) is 0 Å². The Morgan fingerprint density at radius 1 is 1.10 bits per heavy atom. The van der Waals surface area contributed by atoms with Crippen LogP contribution in [0.4, 0.5) is 0 Å². The molecule has 0 N–H and O–H groups in total. The van der Waals surface area contributed by atoms with E-state index in [-0.39, 0.29) is 16.6 Å². The summed E-state index contributed by atoms with van der Waals surface area (Å²) in [5, 5.41) is 2.50. The SMILES string of the molecule is C[C@@]12CC=C3C=C4CCC(=O)C[C@]45CC[C@]3(O5)[C@@H]1CCC2c1ccc2ccncc2c1. The highest BCUT2D eigenvalue weighted by Gasteiger charge is 2.66. The molecular formula is C28H29NO2. The van der Waals surface area contributed by atoms with E-state index in [0.717, 1.165) is 25.7 Å². The van der Waals surface area contributed by atoms with Crippen molar-refractivity contribution in [3.8, 4) is 0 Å². The van der Waals surface area contributed by atoms with Crippen LogP contribution in [-0.4, -0.2) is 22.0 Å². The molecule has 1 unspecified atom stereocenters. The fraction of sp³-hybridized carbons (Fsp3) is 0.500. The van der Waals surface area contributed by atoms with Crippen LogP contribution in [0, 0.1) is 11.3 Å². The highest BCUT2D eigenvalue weighted by molar-refractivity contribution is 5.83. The minimum atomic E-state index is -0.294. The first-order valence-electron chi connectivity index (χ1n) is 12.0. The molecule has 7 rings (SSSR count). The number of benzene rings is 1. The van der Waals surface area contributed by atoms with Gasteiger partial charge in [0.05, 0.1) is 11.2 Å². The topological polar surface area (TPSA) is 39.2 Å². The van der Waals surface area contributed by atoms with Gasteiger partial charge in [0.25, 0.3) is 0 Å². The second-order valence-corrected chi connectivity index (χ2v) is 10.9. The van der Waals surface area contributed by atoms with E-state index in [2.05, 4.69) is 48.3 Å². The van der Waals surface area contributed by atoms with E-state index in [9.17, 15) is 4.79 Å². The van der Waals surface area contributed by atoms with Gasteiger partial charge in [-0.2, -0.15) is 0 Å². The van der Waals surface area contributed by atoms with E-state index in [1.807, 2.05) is 12.4 Å². The first-order valence-corrected chi connectivity index (χ1v) is 12.0. The zero-order chi connectivity index (χ0) is 20.8. The van der Waals surface area contributed by atoms with Crippen LogP contribution in [0.2, 0.25) is 0 Å². The van der Waals surface area contributed by atoms with Crippen molar-refractivity contribution in [1.82, 2.24) is 4.98 Å². The van der Waals surface area contributed by atoms with E-state index in [1.165, 1.54) is 40.3 Å². The van der Waals surface area contributed by atoms with E-state index in [0.29, 0.717) is 30.5 Å². The Bertz CT molecular complexity index is 1190. The number of ketones is 1. The lowest BCUT2D eigenvalue weighted by molar-refractivity contribution is -0.146. The number of rotatable bonds is 1. The van der Waals surface area contributed by atoms with Gasteiger partial charge in [-0.05, 0) is 90.0 Å². The summed E-state index contributed by atoms with van der Waals surface area (Å²) in [5.41, 5.74) is 3.99. The summed E-state index contributed by atoms with van der Waals surface area (Å²) in [4.78, 5) is 16.7. The number of aromatic nitrogens is 1. The maximum Gasteiger partial charge on any atom is 0.136 e. The van der Waals surface area contributed by atoms with Crippen molar-refractivity contribution in [2.75, 3.05) is 0 Å². The number of fused-ring (bicyclic) bond motifs is 2. The average molecular weight is 412 g/mol. The third kappa shape index (κ3) is 2.28. The third-order valence-electron chi connectivity index (χ3n) is 9.57. The van der Waals surface area contributed by atoms with Crippen LogP contribution in [0.1, 0.15) is 69.8 Å². The van der Waals surface area contributed by atoms with Crippen molar-refractivity contribution in [3.63, 3.8) is 0 Å². The van der Waals surface area contributed by atoms with Crippen LogP contribution in [0.5, 0.6) is 0 Å². The van der Waals surface area contributed by atoms with Crippen LogP contribution in [0.3, 0.4) is 0 Å². The second-order valence-electron chi connectivity index (χ2n) is 10.9. The number of hydrogen-bond acceptors (Lipinski definition) is 3. The number of nitrogens with zero attached hydrogens (tertiary/aromatic N) is 1. The van der Waals surface area contributed by atoms with Crippen LogP contribution in [0.25, 0.3) is 10.8 Å². The van der Waals surface area contributed by atoms with Crippen molar-refractivity contribution < 1.29 is 9.53 Å². The number of allylic oxidation sites excluding steroid dienone is 1. The number of hydrogen-bond donors (Lipinski definition) is 0. The van der Waals surface area contributed by atoms with E-state index < -0.39 is 0 Å². The Balaban J connectivity index is 1.31. The van der Waals surface area contributed by atoms with E-state index >= 15 is 0 Å². The van der Waals surface area contributed by atoms with Gasteiger partial charge in [0, 0.05) is 30.6 Å². The molecular weight excluding hydrogens is 382 g/mol.